The number of ether oxygens (including phenoxy) is 2. The quantitative estimate of drug-likeness (QED) is 0.388. The zero-order valence-corrected chi connectivity index (χ0v) is 18.6. The van der Waals surface area contributed by atoms with Crippen molar-refractivity contribution in [3.63, 3.8) is 0 Å². The van der Waals surface area contributed by atoms with E-state index in [0.29, 0.717) is 11.3 Å². The van der Waals surface area contributed by atoms with Gasteiger partial charge in [-0.1, -0.05) is 42.5 Å². The summed E-state index contributed by atoms with van der Waals surface area (Å²) in [4.78, 5) is 36.5. The van der Waals surface area contributed by atoms with Gasteiger partial charge in [-0.3, -0.25) is 9.59 Å². The second-order valence-electron chi connectivity index (χ2n) is 7.30. The van der Waals surface area contributed by atoms with Gasteiger partial charge in [0.1, 0.15) is 5.75 Å². The molecule has 2 N–H and O–H groups in total. The molecule has 170 valence electrons. The molecular weight excluding hydrogens is 420 g/mol. The van der Waals surface area contributed by atoms with Crippen molar-refractivity contribution < 1.29 is 23.9 Å². The number of hydrogen-bond donors (Lipinski definition) is 2. The van der Waals surface area contributed by atoms with Crippen molar-refractivity contribution in [3.05, 3.63) is 95.1 Å². The van der Waals surface area contributed by atoms with Crippen LogP contribution in [0, 0.1) is 6.92 Å². The number of rotatable bonds is 8. The van der Waals surface area contributed by atoms with Crippen molar-refractivity contribution in [2.75, 3.05) is 11.9 Å². The molecular formula is C26H26N2O5. The third kappa shape index (κ3) is 6.93. The van der Waals surface area contributed by atoms with Crippen LogP contribution in [-0.4, -0.2) is 24.6 Å². The van der Waals surface area contributed by atoms with E-state index < -0.39 is 6.16 Å². The van der Waals surface area contributed by atoms with Gasteiger partial charge >= 0.3 is 6.16 Å². The van der Waals surface area contributed by atoms with E-state index in [1.807, 2.05) is 49.4 Å². The van der Waals surface area contributed by atoms with Crippen molar-refractivity contribution in [1.82, 2.24) is 5.32 Å². The van der Waals surface area contributed by atoms with Crippen molar-refractivity contribution in [2.24, 2.45) is 0 Å². The maximum atomic E-state index is 12.6. The number of aryl methyl sites for hydroxylation is 1. The highest BCUT2D eigenvalue weighted by Crippen LogP contribution is 2.17. The van der Waals surface area contributed by atoms with Crippen molar-refractivity contribution in [2.45, 2.75) is 26.8 Å². The second kappa shape index (κ2) is 11.5. The zero-order valence-electron chi connectivity index (χ0n) is 18.6. The maximum absolute atomic E-state index is 12.6. The Bertz CT molecular complexity index is 1130. The lowest BCUT2D eigenvalue weighted by Crippen LogP contribution is -2.24. The van der Waals surface area contributed by atoms with Crippen LogP contribution in [0.1, 0.15) is 34.0 Å². The number of carbonyl (C=O) groups is 3. The molecule has 3 aromatic rings. The Morgan fingerprint density at radius 2 is 1.52 bits per heavy atom. The predicted molar refractivity (Wildman–Crippen MR) is 125 cm³/mol. The monoisotopic (exact) mass is 446 g/mol. The fourth-order valence-corrected chi connectivity index (χ4v) is 3.17. The van der Waals surface area contributed by atoms with Crippen LogP contribution in [0.15, 0.2) is 72.8 Å². The van der Waals surface area contributed by atoms with Gasteiger partial charge in [-0.25, -0.2) is 4.79 Å². The topological polar surface area (TPSA) is 93.7 Å². The van der Waals surface area contributed by atoms with E-state index in [4.69, 9.17) is 9.47 Å². The first-order chi connectivity index (χ1) is 16.0. The number of amides is 2. The van der Waals surface area contributed by atoms with Crippen LogP contribution >= 0.6 is 0 Å². The molecule has 0 aliphatic rings. The number of anilines is 1. The van der Waals surface area contributed by atoms with Gasteiger partial charge in [0.25, 0.3) is 5.91 Å². The molecule has 7 heteroatoms. The summed E-state index contributed by atoms with van der Waals surface area (Å²) in [7, 11) is 0. The molecule has 3 aromatic carbocycles. The average molecular weight is 447 g/mol. The molecule has 0 atom stereocenters. The van der Waals surface area contributed by atoms with Gasteiger partial charge in [0.15, 0.2) is 0 Å². The summed E-state index contributed by atoms with van der Waals surface area (Å²) < 4.78 is 9.71. The van der Waals surface area contributed by atoms with Gasteiger partial charge in [-0.2, -0.15) is 0 Å². The fraction of sp³-hybridized carbons (Fsp3) is 0.192. The van der Waals surface area contributed by atoms with Crippen molar-refractivity contribution >= 4 is 23.7 Å². The molecule has 33 heavy (non-hydrogen) atoms. The molecule has 0 fully saturated rings. The van der Waals surface area contributed by atoms with E-state index in [0.717, 1.165) is 16.7 Å². The molecule has 0 spiro atoms. The molecule has 3 rings (SSSR count). The van der Waals surface area contributed by atoms with E-state index in [2.05, 4.69) is 10.6 Å². The minimum absolute atomic E-state index is 0.125. The first-order valence-electron chi connectivity index (χ1n) is 10.6. The van der Waals surface area contributed by atoms with E-state index >= 15 is 0 Å². The molecule has 0 radical (unpaired) electrons. The number of para-hydroxylation sites is 1. The van der Waals surface area contributed by atoms with E-state index in [1.54, 1.807) is 25.1 Å². The molecule has 0 heterocycles. The van der Waals surface area contributed by atoms with Crippen LogP contribution in [0.25, 0.3) is 0 Å². The zero-order chi connectivity index (χ0) is 23.6. The summed E-state index contributed by atoms with van der Waals surface area (Å²) in [6.07, 6.45) is -0.524. The molecule has 2 amide bonds. The summed E-state index contributed by atoms with van der Waals surface area (Å²) in [6, 6.07) is 21.2. The Morgan fingerprint density at radius 1 is 0.848 bits per heavy atom. The first kappa shape index (κ1) is 23.5. The first-order valence-corrected chi connectivity index (χ1v) is 10.6. The van der Waals surface area contributed by atoms with Gasteiger partial charge in [0.2, 0.25) is 5.91 Å². The molecule has 0 aromatic heterocycles. The van der Waals surface area contributed by atoms with Gasteiger partial charge in [-0.05, 0) is 60.9 Å². The summed E-state index contributed by atoms with van der Waals surface area (Å²) >= 11 is 0. The largest absolute Gasteiger partial charge is 0.513 e. The van der Waals surface area contributed by atoms with Crippen LogP contribution in [0.3, 0.4) is 0 Å². The smallest absolute Gasteiger partial charge is 0.434 e. The van der Waals surface area contributed by atoms with Crippen LogP contribution < -0.4 is 15.4 Å². The molecule has 0 aliphatic heterocycles. The van der Waals surface area contributed by atoms with E-state index in [1.165, 1.54) is 12.1 Å². The standard InChI is InChI=1S/C26H26N2O5/c1-3-32-26(31)33-22-14-12-19(13-15-22)25(30)27-17-21-10-6-7-11-23(21)28-24(29)16-20-9-5-4-8-18(20)2/h4-15H,3,16-17H2,1-2H3,(H,27,30)(H,28,29). The molecule has 0 saturated carbocycles. The third-order valence-electron chi connectivity index (χ3n) is 4.92. The Hall–Kier alpha value is -4.13. The highest BCUT2D eigenvalue weighted by Gasteiger charge is 2.12. The third-order valence-corrected chi connectivity index (χ3v) is 4.92. The average Bonchev–Trinajstić information content (AvgIpc) is 2.80. The summed E-state index contributed by atoms with van der Waals surface area (Å²) in [5.41, 5.74) is 3.87. The summed E-state index contributed by atoms with van der Waals surface area (Å²) in [6.45, 7) is 4.11. The number of carbonyl (C=O) groups excluding carboxylic acids is 3. The maximum Gasteiger partial charge on any atom is 0.513 e. The lowest BCUT2D eigenvalue weighted by molar-refractivity contribution is -0.115. The highest BCUT2D eigenvalue weighted by molar-refractivity contribution is 5.95. The lowest BCUT2D eigenvalue weighted by atomic mass is 10.1. The summed E-state index contributed by atoms with van der Waals surface area (Å²) in [5.74, 6) is -0.134. The molecule has 0 unspecified atom stereocenters. The minimum atomic E-state index is -0.796. The van der Waals surface area contributed by atoms with Gasteiger partial charge in [0.05, 0.1) is 13.0 Å². The van der Waals surface area contributed by atoms with Crippen LogP contribution in [0.2, 0.25) is 0 Å². The van der Waals surface area contributed by atoms with Gasteiger partial charge in [-0.15, -0.1) is 0 Å². The highest BCUT2D eigenvalue weighted by atomic mass is 16.7. The second-order valence-corrected chi connectivity index (χ2v) is 7.30. The van der Waals surface area contributed by atoms with Gasteiger partial charge < -0.3 is 20.1 Å². The Kier molecular flexibility index (Phi) is 8.18. The van der Waals surface area contributed by atoms with Crippen LogP contribution in [0.4, 0.5) is 10.5 Å². The number of hydrogen-bond acceptors (Lipinski definition) is 5. The minimum Gasteiger partial charge on any atom is -0.434 e. The molecule has 0 bridgehead atoms. The van der Waals surface area contributed by atoms with E-state index in [9.17, 15) is 14.4 Å². The summed E-state index contributed by atoms with van der Waals surface area (Å²) in [5, 5.41) is 5.78. The fourth-order valence-electron chi connectivity index (χ4n) is 3.17. The number of nitrogens with one attached hydrogen (secondary N) is 2. The van der Waals surface area contributed by atoms with Crippen molar-refractivity contribution in [1.29, 1.82) is 0 Å². The Morgan fingerprint density at radius 3 is 2.21 bits per heavy atom. The van der Waals surface area contributed by atoms with Gasteiger partial charge in [0, 0.05) is 17.8 Å². The van der Waals surface area contributed by atoms with Crippen LogP contribution in [-0.2, 0) is 22.5 Å². The van der Waals surface area contributed by atoms with E-state index in [-0.39, 0.29) is 37.1 Å². The molecule has 7 nitrogen and oxygen atoms in total. The molecule has 0 aliphatic carbocycles. The Balaban J connectivity index is 1.58. The normalized spacial score (nSPS) is 10.2. The Labute approximate surface area is 192 Å². The number of benzene rings is 3. The lowest BCUT2D eigenvalue weighted by Gasteiger charge is -2.13. The predicted octanol–water partition coefficient (Wildman–Crippen LogP) is 4.64. The van der Waals surface area contributed by atoms with Crippen LogP contribution in [0.5, 0.6) is 5.75 Å². The van der Waals surface area contributed by atoms with Crippen molar-refractivity contribution in [3.8, 4) is 5.75 Å². The SMILES string of the molecule is CCOC(=O)Oc1ccc(C(=O)NCc2ccccc2NC(=O)Cc2ccccc2C)cc1. The molecule has 0 saturated heterocycles.